The van der Waals surface area contributed by atoms with Gasteiger partial charge in [0.05, 0.1) is 5.69 Å². The Morgan fingerprint density at radius 1 is 0.449 bits per heavy atom. The summed E-state index contributed by atoms with van der Waals surface area (Å²) in [6.07, 6.45) is 8.56. The molecule has 3 nitrogen and oxygen atoms in total. The second-order valence-electron chi connectivity index (χ2n) is 14.9. The quantitative estimate of drug-likeness (QED) is 0.174. The summed E-state index contributed by atoms with van der Waals surface area (Å²) >= 11 is 0. The van der Waals surface area contributed by atoms with Gasteiger partial charge in [-0.2, -0.15) is 0 Å². The van der Waals surface area contributed by atoms with Crippen molar-refractivity contribution in [2.75, 3.05) is 9.80 Å². The van der Waals surface area contributed by atoms with Crippen molar-refractivity contribution >= 4 is 56.1 Å². The third-order valence-corrected chi connectivity index (χ3v) is 11.8. The highest BCUT2D eigenvalue weighted by molar-refractivity contribution is 6.11. The minimum atomic E-state index is 0.384. The summed E-state index contributed by atoms with van der Waals surface area (Å²) in [5, 5.41) is 2.22. The maximum absolute atomic E-state index is 6.78. The van der Waals surface area contributed by atoms with Gasteiger partial charge in [-0.3, -0.25) is 0 Å². The Morgan fingerprint density at radius 3 is 1.53 bits per heavy atom. The molecule has 7 aromatic rings. The number of furan rings is 1. The lowest BCUT2D eigenvalue weighted by atomic mass is 9.48. The van der Waals surface area contributed by atoms with E-state index in [0.717, 1.165) is 73.8 Å². The number of benzene rings is 6. The first-order valence-electron chi connectivity index (χ1n) is 18.0. The van der Waals surface area contributed by atoms with Crippen LogP contribution >= 0.6 is 0 Å². The Bertz CT molecular complexity index is 2180. The zero-order chi connectivity index (χ0) is 32.4. The lowest BCUT2D eigenvalue weighted by Gasteiger charge is -2.57. The summed E-state index contributed by atoms with van der Waals surface area (Å²) in [7, 11) is 0. The van der Waals surface area contributed by atoms with E-state index >= 15 is 0 Å². The zero-order valence-corrected chi connectivity index (χ0v) is 27.7. The first-order chi connectivity index (χ1) is 24.2. The van der Waals surface area contributed by atoms with Gasteiger partial charge in [-0.05, 0) is 140 Å². The van der Waals surface area contributed by atoms with Crippen LogP contribution in [0.2, 0.25) is 0 Å². The molecule has 4 bridgehead atoms. The van der Waals surface area contributed by atoms with E-state index in [2.05, 4.69) is 161 Å². The molecule has 4 aliphatic rings. The van der Waals surface area contributed by atoms with Crippen LogP contribution in [0.4, 0.5) is 34.1 Å². The molecule has 1 heterocycles. The molecule has 4 saturated carbocycles. The Labute approximate surface area is 288 Å². The molecule has 49 heavy (non-hydrogen) atoms. The molecule has 0 aliphatic heterocycles. The van der Waals surface area contributed by atoms with Crippen molar-refractivity contribution in [1.29, 1.82) is 0 Å². The molecule has 0 unspecified atom stereocenters. The van der Waals surface area contributed by atoms with Crippen LogP contribution in [0.5, 0.6) is 0 Å². The zero-order valence-electron chi connectivity index (χ0n) is 27.7. The summed E-state index contributed by atoms with van der Waals surface area (Å²) < 4.78 is 6.78. The van der Waals surface area contributed by atoms with E-state index in [-0.39, 0.29) is 0 Å². The minimum Gasteiger partial charge on any atom is -0.454 e. The predicted octanol–water partition coefficient (Wildman–Crippen LogP) is 13.0. The van der Waals surface area contributed by atoms with Crippen molar-refractivity contribution in [2.24, 2.45) is 17.8 Å². The van der Waals surface area contributed by atoms with Gasteiger partial charge >= 0.3 is 0 Å². The van der Waals surface area contributed by atoms with Gasteiger partial charge in [-0.15, -0.1) is 0 Å². The molecule has 3 heteroatoms. The van der Waals surface area contributed by atoms with Crippen LogP contribution in [0.1, 0.15) is 44.1 Å². The third kappa shape index (κ3) is 4.86. The van der Waals surface area contributed by atoms with E-state index < -0.39 is 0 Å². The molecule has 1 aromatic heterocycles. The summed E-state index contributed by atoms with van der Waals surface area (Å²) in [6.45, 7) is 0. The van der Waals surface area contributed by atoms with Crippen molar-refractivity contribution in [3.8, 4) is 0 Å². The molecule has 0 amide bonds. The van der Waals surface area contributed by atoms with Crippen molar-refractivity contribution in [3.05, 3.63) is 157 Å². The highest BCUT2D eigenvalue weighted by atomic mass is 16.3. The van der Waals surface area contributed by atoms with E-state index in [4.69, 9.17) is 4.42 Å². The first kappa shape index (κ1) is 28.7. The lowest BCUT2D eigenvalue weighted by molar-refractivity contribution is -0.00518. The maximum atomic E-state index is 6.78. The van der Waals surface area contributed by atoms with Gasteiger partial charge in [0.25, 0.3) is 0 Å². The molecule has 11 rings (SSSR count). The molecule has 0 spiro atoms. The third-order valence-electron chi connectivity index (χ3n) is 11.8. The van der Waals surface area contributed by atoms with E-state index in [0.29, 0.717) is 5.41 Å². The van der Waals surface area contributed by atoms with Crippen LogP contribution in [-0.2, 0) is 5.41 Å². The van der Waals surface area contributed by atoms with E-state index in [1.54, 1.807) is 5.56 Å². The number of nitrogens with zero attached hydrogens (tertiary/aromatic N) is 2. The van der Waals surface area contributed by atoms with Gasteiger partial charge in [-0.1, -0.05) is 78.9 Å². The molecule has 0 saturated heterocycles. The Kier molecular flexibility index (Phi) is 6.69. The summed E-state index contributed by atoms with van der Waals surface area (Å²) in [4.78, 5) is 4.68. The van der Waals surface area contributed by atoms with Gasteiger partial charge in [0.15, 0.2) is 5.58 Å². The van der Waals surface area contributed by atoms with Crippen LogP contribution in [-0.4, -0.2) is 0 Å². The van der Waals surface area contributed by atoms with Gasteiger partial charge in [0.2, 0.25) is 0 Å². The maximum Gasteiger partial charge on any atom is 0.159 e. The van der Waals surface area contributed by atoms with E-state index in [9.17, 15) is 0 Å². The molecule has 4 fully saturated rings. The number of anilines is 6. The van der Waals surface area contributed by atoms with Crippen LogP contribution in [0.3, 0.4) is 0 Å². The second kappa shape index (κ2) is 11.4. The first-order valence-corrected chi connectivity index (χ1v) is 18.0. The average molecular weight is 637 g/mol. The number of para-hydroxylation sites is 4. The highest BCUT2D eigenvalue weighted by Crippen LogP contribution is 2.61. The standard InChI is InChI=1S/C46H40N2O/c1-4-11-36(12-5-1)47(37-13-6-2-7-14-37)40-23-24-44-42(28-40)41-17-10-18-43(45(41)49-44)48(38-15-8-3-9-16-38)39-21-19-35(20-22-39)46-29-32-25-33(30-46)27-34(26-32)31-46/h1-24,28,32-34H,25-27,29-31H2. The smallest absolute Gasteiger partial charge is 0.159 e. The molecular formula is C46H40N2O. The number of fused-ring (bicyclic) bond motifs is 3. The molecule has 0 atom stereocenters. The predicted molar refractivity (Wildman–Crippen MR) is 203 cm³/mol. The van der Waals surface area contributed by atoms with E-state index in [1.807, 2.05) is 0 Å². The Hall–Kier alpha value is -5.28. The Morgan fingerprint density at radius 2 is 0.959 bits per heavy atom. The number of hydrogen-bond donors (Lipinski definition) is 0. The van der Waals surface area contributed by atoms with Crippen molar-refractivity contribution in [2.45, 2.75) is 43.9 Å². The summed E-state index contributed by atoms with van der Waals surface area (Å²) in [5.41, 5.74) is 10.4. The molecule has 6 aromatic carbocycles. The van der Waals surface area contributed by atoms with E-state index in [1.165, 1.54) is 38.5 Å². The van der Waals surface area contributed by atoms with Gasteiger partial charge in [0.1, 0.15) is 5.58 Å². The van der Waals surface area contributed by atoms with Crippen LogP contribution in [0, 0.1) is 17.8 Å². The topological polar surface area (TPSA) is 19.6 Å². The monoisotopic (exact) mass is 636 g/mol. The van der Waals surface area contributed by atoms with Gasteiger partial charge in [-0.25, -0.2) is 0 Å². The normalized spacial score (nSPS) is 22.5. The van der Waals surface area contributed by atoms with Crippen LogP contribution in [0.25, 0.3) is 21.9 Å². The fourth-order valence-electron chi connectivity index (χ4n) is 10.1. The van der Waals surface area contributed by atoms with Gasteiger partial charge in [0, 0.05) is 39.2 Å². The van der Waals surface area contributed by atoms with Crippen LogP contribution in [0.15, 0.2) is 156 Å². The fourth-order valence-corrected chi connectivity index (χ4v) is 10.1. The van der Waals surface area contributed by atoms with Crippen molar-refractivity contribution in [1.82, 2.24) is 0 Å². The highest BCUT2D eigenvalue weighted by Gasteiger charge is 2.51. The minimum absolute atomic E-state index is 0.384. The molecule has 0 radical (unpaired) electrons. The molecule has 4 aliphatic carbocycles. The second-order valence-corrected chi connectivity index (χ2v) is 14.9. The molecule has 240 valence electrons. The number of hydrogen-bond acceptors (Lipinski definition) is 3. The molecule has 0 N–H and O–H groups in total. The van der Waals surface area contributed by atoms with Crippen molar-refractivity contribution in [3.63, 3.8) is 0 Å². The summed E-state index contributed by atoms with van der Waals surface area (Å²) in [6, 6.07) is 54.6. The Balaban J connectivity index is 1.08. The fraction of sp³-hybridized carbons (Fsp3) is 0.217. The van der Waals surface area contributed by atoms with Gasteiger partial charge < -0.3 is 14.2 Å². The summed E-state index contributed by atoms with van der Waals surface area (Å²) in [5.74, 6) is 2.81. The number of rotatable bonds is 7. The van der Waals surface area contributed by atoms with Crippen molar-refractivity contribution < 1.29 is 4.42 Å². The average Bonchev–Trinajstić information content (AvgIpc) is 3.52. The SMILES string of the molecule is c1ccc(N(c2ccccc2)c2ccc3oc4c(N(c5ccccc5)c5ccc(C67CC8CC(CC(C8)C6)C7)cc5)cccc4c3c2)cc1. The van der Waals surface area contributed by atoms with Crippen LogP contribution < -0.4 is 9.80 Å². The largest absolute Gasteiger partial charge is 0.454 e. The lowest BCUT2D eigenvalue weighted by Crippen LogP contribution is -2.48. The molecular weight excluding hydrogens is 597 g/mol.